The van der Waals surface area contributed by atoms with Gasteiger partial charge in [-0.2, -0.15) is 0 Å². The average molecular weight is 514 g/mol. The Morgan fingerprint density at radius 2 is 1.32 bits per heavy atom. The number of allylic oxidation sites excluding steroid dienone is 1. The van der Waals surface area contributed by atoms with E-state index < -0.39 is 0 Å². The van der Waals surface area contributed by atoms with Crippen LogP contribution >= 0.6 is 0 Å². The summed E-state index contributed by atoms with van der Waals surface area (Å²) in [6.07, 6.45) is 6.78. The van der Waals surface area contributed by atoms with Gasteiger partial charge in [0, 0.05) is 27.7 Å². The minimum atomic E-state index is 0.923. The molecule has 2 nitrogen and oxygen atoms in total. The van der Waals surface area contributed by atoms with Crippen molar-refractivity contribution in [3.63, 3.8) is 0 Å². The normalized spacial score (nSPS) is 12.7. The van der Waals surface area contributed by atoms with Gasteiger partial charge in [0.1, 0.15) is 11.2 Å². The molecule has 0 fully saturated rings. The molecule has 1 aromatic heterocycles. The number of aryl methyl sites for hydroxylation is 1. The van der Waals surface area contributed by atoms with E-state index in [-0.39, 0.29) is 0 Å². The molecule has 7 aromatic rings. The van der Waals surface area contributed by atoms with Gasteiger partial charge in [0.05, 0.1) is 0 Å². The number of hydrogen-bond acceptors (Lipinski definition) is 2. The standard InChI is InChI=1S/C38H27NO/c1-2-7-32-26(6-1)12-13-29-24-28(18-23-33(29)32)25-14-19-30(20-15-25)39-31-21-16-27(17-22-31)34-9-5-10-36-35-8-3-4-11-37(35)40-38(34)36/h1,3-6,8-24,39H,2,7H2. The summed E-state index contributed by atoms with van der Waals surface area (Å²) in [5.74, 6) is 0. The van der Waals surface area contributed by atoms with Gasteiger partial charge in [-0.1, -0.05) is 97.1 Å². The Bertz CT molecular complexity index is 2060. The summed E-state index contributed by atoms with van der Waals surface area (Å²) in [5, 5.41) is 8.55. The van der Waals surface area contributed by atoms with Crippen molar-refractivity contribution in [1.82, 2.24) is 0 Å². The van der Waals surface area contributed by atoms with Crippen LogP contribution in [0.5, 0.6) is 0 Å². The van der Waals surface area contributed by atoms with Gasteiger partial charge in [0.25, 0.3) is 0 Å². The fourth-order valence-electron chi connectivity index (χ4n) is 6.08. The van der Waals surface area contributed by atoms with Crippen molar-refractivity contribution in [2.45, 2.75) is 12.8 Å². The lowest BCUT2D eigenvalue weighted by Crippen LogP contribution is -1.95. The van der Waals surface area contributed by atoms with Crippen LogP contribution in [-0.4, -0.2) is 0 Å². The van der Waals surface area contributed by atoms with Gasteiger partial charge in [-0.25, -0.2) is 0 Å². The van der Waals surface area contributed by atoms with Gasteiger partial charge < -0.3 is 9.73 Å². The zero-order chi connectivity index (χ0) is 26.5. The third kappa shape index (κ3) is 3.88. The molecular formula is C38H27NO. The van der Waals surface area contributed by atoms with Gasteiger partial charge in [0.2, 0.25) is 0 Å². The molecule has 0 amide bonds. The molecule has 1 aliphatic carbocycles. The van der Waals surface area contributed by atoms with Crippen LogP contribution in [0.1, 0.15) is 17.5 Å². The monoisotopic (exact) mass is 513 g/mol. The van der Waals surface area contributed by atoms with Crippen LogP contribution in [0.4, 0.5) is 11.4 Å². The Morgan fingerprint density at radius 3 is 2.17 bits per heavy atom. The Labute approximate surface area is 233 Å². The second-order valence-corrected chi connectivity index (χ2v) is 10.6. The van der Waals surface area contributed by atoms with E-state index in [1.807, 2.05) is 12.1 Å². The van der Waals surface area contributed by atoms with Crippen LogP contribution in [0.15, 0.2) is 132 Å². The summed E-state index contributed by atoms with van der Waals surface area (Å²) in [7, 11) is 0. The maximum absolute atomic E-state index is 6.24. The number of benzene rings is 6. The van der Waals surface area contributed by atoms with Gasteiger partial charge >= 0.3 is 0 Å². The quantitative estimate of drug-likeness (QED) is 0.253. The third-order valence-electron chi connectivity index (χ3n) is 8.13. The second kappa shape index (κ2) is 9.29. The van der Waals surface area contributed by atoms with Crippen molar-refractivity contribution in [3.05, 3.63) is 139 Å². The fraction of sp³-hybridized carbons (Fsp3) is 0.0526. The molecule has 0 saturated heterocycles. The zero-order valence-electron chi connectivity index (χ0n) is 22.0. The molecule has 8 rings (SSSR count). The molecule has 0 spiro atoms. The highest BCUT2D eigenvalue weighted by atomic mass is 16.3. The van der Waals surface area contributed by atoms with Crippen LogP contribution in [-0.2, 0) is 6.42 Å². The third-order valence-corrected chi connectivity index (χ3v) is 8.13. The topological polar surface area (TPSA) is 25.2 Å². The van der Waals surface area contributed by atoms with Gasteiger partial charge in [-0.05, 0) is 87.8 Å². The minimum Gasteiger partial charge on any atom is -0.455 e. The van der Waals surface area contributed by atoms with Crippen LogP contribution in [0, 0.1) is 0 Å². The Balaban J connectivity index is 1.03. The summed E-state index contributed by atoms with van der Waals surface area (Å²) in [5.41, 5.74) is 11.5. The van der Waals surface area contributed by atoms with E-state index in [1.165, 1.54) is 33.0 Å². The number of rotatable bonds is 4. The van der Waals surface area contributed by atoms with Gasteiger partial charge in [-0.3, -0.25) is 0 Å². The van der Waals surface area contributed by atoms with Crippen molar-refractivity contribution >= 4 is 50.2 Å². The number of fused-ring (bicyclic) bond motifs is 6. The van der Waals surface area contributed by atoms with E-state index in [9.17, 15) is 0 Å². The molecule has 1 N–H and O–H groups in total. The molecule has 0 unspecified atom stereocenters. The first kappa shape index (κ1) is 22.9. The van der Waals surface area contributed by atoms with Crippen molar-refractivity contribution in [2.24, 2.45) is 0 Å². The van der Waals surface area contributed by atoms with Crippen LogP contribution in [0.2, 0.25) is 0 Å². The molecule has 0 bridgehead atoms. The maximum atomic E-state index is 6.24. The Hall–Kier alpha value is -5.08. The number of anilines is 2. The van der Waals surface area contributed by atoms with Crippen molar-refractivity contribution in [2.75, 3.05) is 5.32 Å². The van der Waals surface area contributed by atoms with Crippen molar-refractivity contribution in [3.8, 4) is 22.3 Å². The van der Waals surface area contributed by atoms with E-state index >= 15 is 0 Å². The molecule has 1 heterocycles. The Kier molecular flexibility index (Phi) is 5.31. The predicted octanol–water partition coefficient (Wildman–Crippen LogP) is 10.8. The molecule has 40 heavy (non-hydrogen) atoms. The Morgan fingerprint density at radius 1 is 0.575 bits per heavy atom. The lowest BCUT2D eigenvalue weighted by Gasteiger charge is -2.14. The average Bonchev–Trinajstić information content (AvgIpc) is 3.41. The first-order valence-corrected chi connectivity index (χ1v) is 13.9. The number of para-hydroxylation sites is 2. The first-order valence-electron chi connectivity index (χ1n) is 13.9. The van der Waals surface area contributed by atoms with Crippen LogP contribution < -0.4 is 5.32 Å². The smallest absolute Gasteiger partial charge is 0.143 e. The highest BCUT2D eigenvalue weighted by Crippen LogP contribution is 2.36. The fourth-order valence-corrected chi connectivity index (χ4v) is 6.08. The van der Waals surface area contributed by atoms with Gasteiger partial charge in [0.15, 0.2) is 0 Å². The predicted molar refractivity (Wildman–Crippen MR) is 169 cm³/mol. The highest BCUT2D eigenvalue weighted by molar-refractivity contribution is 6.09. The minimum absolute atomic E-state index is 0.923. The van der Waals surface area contributed by atoms with Crippen LogP contribution in [0.25, 0.3) is 61.0 Å². The van der Waals surface area contributed by atoms with Crippen molar-refractivity contribution < 1.29 is 4.42 Å². The SMILES string of the molecule is C1=Cc2ccc3cc(-c4ccc(Nc5ccc(-c6cccc7c6oc6ccccc67)cc5)cc4)ccc3c2CC1. The van der Waals surface area contributed by atoms with E-state index in [0.717, 1.165) is 57.3 Å². The number of furan rings is 1. The number of hydrogen-bond donors (Lipinski definition) is 1. The van der Waals surface area contributed by atoms with E-state index in [0.29, 0.717) is 0 Å². The van der Waals surface area contributed by atoms with E-state index in [2.05, 4.69) is 127 Å². The molecule has 1 aliphatic rings. The summed E-state index contributed by atoms with van der Waals surface area (Å²) in [6, 6.07) is 43.2. The molecule has 0 saturated carbocycles. The lowest BCUT2D eigenvalue weighted by molar-refractivity contribution is 0.670. The van der Waals surface area contributed by atoms with Crippen LogP contribution in [0.3, 0.4) is 0 Å². The molecule has 0 aliphatic heterocycles. The zero-order valence-corrected chi connectivity index (χ0v) is 22.0. The lowest BCUT2D eigenvalue weighted by atomic mass is 9.90. The van der Waals surface area contributed by atoms with Gasteiger partial charge in [-0.15, -0.1) is 0 Å². The summed E-state index contributed by atoms with van der Waals surface area (Å²) in [6.45, 7) is 0. The molecular weight excluding hydrogens is 486 g/mol. The molecule has 6 aromatic carbocycles. The summed E-state index contributed by atoms with van der Waals surface area (Å²) >= 11 is 0. The second-order valence-electron chi connectivity index (χ2n) is 10.6. The van der Waals surface area contributed by atoms with Crippen molar-refractivity contribution in [1.29, 1.82) is 0 Å². The molecule has 0 atom stereocenters. The molecule has 190 valence electrons. The first-order chi connectivity index (χ1) is 19.8. The van der Waals surface area contributed by atoms with E-state index in [1.54, 1.807) is 0 Å². The molecule has 0 radical (unpaired) electrons. The highest BCUT2D eigenvalue weighted by Gasteiger charge is 2.12. The maximum Gasteiger partial charge on any atom is 0.143 e. The summed E-state index contributed by atoms with van der Waals surface area (Å²) in [4.78, 5) is 0. The number of nitrogens with one attached hydrogen (secondary N) is 1. The summed E-state index contributed by atoms with van der Waals surface area (Å²) < 4.78 is 6.24. The largest absolute Gasteiger partial charge is 0.455 e. The molecule has 2 heteroatoms. The van der Waals surface area contributed by atoms with E-state index in [4.69, 9.17) is 4.42 Å².